The number of hydrogen-bond donors (Lipinski definition) is 0. The zero-order valence-electron chi connectivity index (χ0n) is 11.4. The number of unbranched alkanes of at least 4 members (excludes halogenated alkanes) is 1. The number of rotatable bonds is 7. The predicted molar refractivity (Wildman–Crippen MR) is 81.6 cm³/mol. The fraction of sp³-hybridized carbons (Fsp3) is 0.643. The van der Waals surface area contributed by atoms with E-state index in [2.05, 4.69) is 45.4 Å². The Morgan fingerprint density at radius 3 is 2.72 bits per heavy atom. The van der Waals surface area contributed by atoms with Crippen molar-refractivity contribution < 1.29 is 0 Å². The van der Waals surface area contributed by atoms with E-state index in [0.717, 1.165) is 32.4 Å². The summed E-state index contributed by atoms with van der Waals surface area (Å²) in [5, 5.41) is 11.1. The van der Waals surface area contributed by atoms with Crippen LogP contribution in [0.2, 0.25) is 0 Å². The molecule has 0 unspecified atom stereocenters. The lowest BCUT2D eigenvalue weighted by atomic mass is 9.89. The van der Waals surface area contributed by atoms with Crippen LogP contribution < -0.4 is 0 Å². The molecule has 0 N–H and O–H groups in total. The fourth-order valence-corrected chi connectivity index (χ4v) is 3.32. The fourth-order valence-electron chi connectivity index (χ4n) is 1.79. The Labute approximate surface area is 123 Å². The highest BCUT2D eigenvalue weighted by atomic mass is 79.9. The van der Waals surface area contributed by atoms with Crippen LogP contribution in [0.5, 0.6) is 0 Å². The van der Waals surface area contributed by atoms with Crippen molar-refractivity contribution in [3.8, 4) is 6.07 Å². The minimum atomic E-state index is -0.169. The van der Waals surface area contributed by atoms with Gasteiger partial charge in [0.1, 0.15) is 0 Å². The largest absolute Gasteiger partial charge is 0.301 e. The Hall–Kier alpha value is -0.370. The first-order valence-corrected chi connectivity index (χ1v) is 7.93. The van der Waals surface area contributed by atoms with Gasteiger partial charge >= 0.3 is 0 Å². The van der Waals surface area contributed by atoms with Gasteiger partial charge in [-0.25, -0.2) is 0 Å². The van der Waals surface area contributed by atoms with Gasteiger partial charge in [-0.15, -0.1) is 11.3 Å². The summed E-state index contributed by atoms with van der Waals surface area (Å²) in [6, 6.07) is 4.54. The molecule has 1 aromatic heterocycles. The Kier molecular flexibility index (Phi) is 6.34. The molecule has 0 atom stereocenters. The van der Waals surface area contributed by atoms with Crippen LogP contribution in [0.3, 0.4) is 0 Å². The van der Waals surface area contributed by atoms with Crippen LogP contribution in [-0.2, 0) is 6.54 Å². The van der Waals surface area contributed by atoms with Crippen molar-refractivity contribution in [3.63, 3.8) is 0 Å². The summed E-state index contributed by atoms with van der Waals surface area (Å²) in [5.74, 6) is 0. The van der Waals surface area contributed by atoms with Crippen molar-refractivity contribution in [3.05, 3.63) is 20.8 Å². The quantitative estimate of drug-likeness (QED) is 0.680. The van der Waals surface area contributed by atoms with Crippen molar-refractivity contribution in [2.75, 3.05) is 13.6 Å². The van der Waals surface area contributed by atoms with E-state index in [0.29, 0.717) is 0 Å². The lowest BCUT2D eigenvalue weighted by Crippen LogP contribution is -2.19. The molecule has 0 aliphatic carbocycles. The van der Waals surface area contributed by atoms with Gasteiger partial charge in [-0.05, 0) is 62.3 Å². The van der Waals surface area contributed by atoms with Gasteiger partial charge in [-0.1, -0.05) is 6.42 Å². The monoisotopic (exact) mass is 328 g/mol. The summed E-state index contributed by atoms with van der Waals surface area (Å²) in [5.41, 5.74) is -0.169. The average Bonchev–Trinajstić information content (AvgIpc) is 2.70. The van der Waals surface area contributed by atoms with E-state index >= 15 is 0 Å². The molecule has 1 aromatic rings. The van der Waals surface area contributed by atoms with E-state index in [9.17, 15) is 0 Å². The van der Waals surface area contributed by atoms with Gasteiger partial charge in [-0.3, -0.25) is 0 Å². The van der Waals surface area contributed by atoms with E-state index in [1.165, 1.54) is 9.35 Å². The highest BCUT2D eigenvalue weighted by molar-refractivity contribution is 9.10. The van der Waals surface area contributed by atoms with Gasteiger partial charge in [0.05, 0.1) is 11.5 Å². The second-order valence-corrected chi connectivity index (χ2v) is 7.33. The molecule has 100 valence electrons. The zero-order chi connectivity index (χ0) is 13.6. The Balaban J connectivity index is 2.18. The second-order valence-electron chi connectivity index (χ2n) is 5.42. The molecule has 18 heavy (non-hydrogen) atoms. The molecule has 1 rings (SSSR count). The van der Waals surface area contributed by atoms with E-state index in [1.807, 2.05) is 13.8 Å². The minimum Gasteiger partial charge on any atom is -0.301 e. The molecule has 4 heteroatoms. The lowest BCUT2D eigenvalue weighted by molar-refractivity contribution is 0.309. The SMILES string of the molecule is CN(CCCCC(C)(C)C#N)Cc1cc(Br)cs1. The van der Waals surface area contributed by atoms with Crippen LogP contribution in [0.15, 0.2) is 15.9 Å². The number of thiophene rings is 1. The summed E-state index contributed by atoms with van der Waals surface area (Å²) in [6.45, 7) is 6.13. The molecule has 0 aliphatic rings. The van der Waals surface area contributed by atoms with Crippen LogP contribution >= 0.6 is 27.3 Å². The molecule has 0 spiro atoms. The lowest BCUT2D eigenvalue weighted by Gasteiger charge is -2.18. The number of nitriles is 1. The minimum absolute atomic E-state index is 0.169. The molecule has 0 aliphatic heterocycles. The normalized spacial score (nSPS) is 11.8. The number of nitrogens with zero attached hydrogens (tertiary/aromatic N) is 2. The van der Waals surface area contributed by atoms with E-state index in [4.69, 9.17) is 5.26 Å². The van der Waals surface area contributed by atoms with Gasteiger partial charge in [0, 0.05) is 21.3 Å². The van der Waals surface area contributed by atoms with Gasteiger partial charge in [-0.2, -0.15) is 5.26 Å². The van der Waals surface area contributed by atoms with E-state index < -0.39 is 0 Å². The predicted octanol–water partition coefficient (Wildman–Crippen LogP) is 4.66. The van der Waals surface area contributed by atoms with Crippen LogP contribution in [-0.4, -0.2) is 18.5 Å². The Morgan fingerprint density at radius 1 is 1.44 bits per heavy atom. The van der Waals surface area contributed by atoms with Gasteiger partial charge in [0.15, 0.2) is 0 Å². The van der Waals surface area contributed by atoms with Crippen LogP contribution in [0.25, 0.3) is 0 Å². The van der Waals surface area contributed by atoms with E-state index in [-0.39, 0.29) is 5.41 Å². The smallest absolute Gasteiger partial charge is 0.0683 e. The van der Waals surface area contributed by atoms with Crippen LogP contribution in [0, 0.1) is 16.7 Å². The first kappa shape index (κ1) is 15.7. The first-order chi connectivity index (χ1) is 8.43. The Morgan fingerprint density at radius 2 is 2.17 bits per heavy atom. The molecular formula is C14H21BrN2S. The molecule has 0 bridgehead atoms. The van der Waals surface area contributed by atoms with Crippen LogP contribution in [0.1, 0.15) is 38.0 Å². The highest BCUT2D eigenvalue weighted by Gasteiger charge is 2.15. The molecule has 0 radical (unpaired) electrons. The third-order valence-corrected chi connectivity index (χ3v) is 4.62. The second kappa shape index (κ2) is 7.28. The van der Waals surface area contributed by atoms with Crippen molar-refractivity contribution in [2.45, 2.75) is 39.7 Å². The molecule has 0 amide bonds. The summed E-state index contributed by atoms with van der Waals surface area (Å²) in [7, 11) is 2.16. The standard InChI is InChI=1S/C14H21BrN2S/c1-14(2,11-16)6-4-5-7-17(3)9-13-8-12(15)10-18-13/h8,10H,4-7,9H2,1-3H3. The third-order valence-electron chi connectivity index (χ3n) is 2.94. The summed E-state index contributed by atoms with van der Waals surface area (Å²) >= 11 is 5.27. The van der Waals surface area contributed by atoms with Crippen LogP contribution in [0.4, 0.5) is 0 Å². The number of halogens is 1. The third kappa shape index (κ3) is 5.99. The van der Waals surface area contributed by atoms with Gasteiger partial charge < -0.3 is 4.90 Å². The molecule has 0 aromatic carbocycles. The maximum atomic E-state index is 8.94. The van der Waals surface area contributed by atoms with E-state index in [1.54, 1.807) is 11.3 Å². The Bertz CT molecular complexity index is 406. The summed E-state index contributed by atoms with van der Waals surface area (Å²) < 4.78 is 1.17. The molecule has 2 nitrogen and oxygen atoms in total. The molecule has 1 heterocycles. The van der Waals surface area contributed by atoms with Crippen molar-refractivity contribution in [2.24, 2.45) is 5.41 Å². The van der Waals surface area contributed by atoms with Crippen molar-refractivity contribution in [1.82, 2.24) is 4.90 Å². The molecule has 0 saturated heterocycles. The number of hydrogen-bond acceptors (Lipinski definition) is 3. The maximum Gasteiger partial charge on any atom is 0.0683 e. The summed E-state index contributed by atoms with van der Waals surface area (Å²) in [4.78, 5) is 3.74. The molecular weight excluding hydrogens is 308 g/mol. The molecule has 0 saturated carbocycles. The van der Waals surface area contributed by atoms with Gasteiger partial charge in [0.25, 0.3) is 0 Å². The first-order valence-electron chi connectivity index (χ1n) is 6.26. The summed E-state index contributed by atoms with van der Waals surface area (Å²) in [6.07, 6.45) is 3.27. The zero-order valence-corrected chi connectivity index (χ0v) is 13.8. The van der Waals surface area contributed by atoms with Crippen molar-refractivity contribution >= 4 is 27.3 Å². The molecule has 0 fully saturated rings. The highest BCUT2D eigenvalue weighted by Crippen LogP contribution is 2.23. The van der Waals surface area contributed by atoms with Gasteiger partial charge in [0.2, 0.25) is 0 Å². The topological polar surface area (TPSA) is 27.0 Å². The average molecular weight is 329 g/mol. The van der Waals surface area contributed by atoms with Crippen molar-refractivity contribution in [1.29, 1.82) is 5.26 Å². The maximum absolute atomic E-state index is 8.94.